The number of aliphatic hydroxyl groups excluding tert-OH is 2. The van der Waals surface area contributed by atoms with Gasteiger partial charge in [0, 0.05) is 37.1 Å². The van der Waals surface area contributed by atoms with Crippen LogP contribution in [-0.2, 0) is 14.8 Å². The van der Waals surface area contributed by atoms with Crippen molar-refractivity contribution in [2.75, 3.05) is 6.54 Å². The van der Waals surface area contributed by atoms with Crippen LogP contribution in [0.3, 0.4) is 0 Å². The first-order chi connectivity index (χ1) is 20.0. The molecule has 0 bridgehead atoms. The molecule has 42 heavy (non-hydrogen) atoms. The Bertz CT molecular complexity index is 1360. The van der Waals surface area contributed by atoms with Crippen molar-refractivity contribution in [3.05, 3.63) is 53.9 Å². The van der Waals surface area contributed by atoms with Gasteiger partial charge in [-0.15, -0.1) is 17.8 Å². The molecular formula is C33H42FNO6S. The Hall–Kier alpha value is -2.95. The van der Waals surface area contributed by atoms with Gasteiger partial charge in [-0.2, -0.15) is 0 Å². The van der Waals surface area contributed by atoms with Gasteiger partial charge < -0.3 is 15.3 Å². The third kappa shape index (κ3) is 9.28. The normalized spacial score (nSPS) is 25.8. The van der Waals surface area contributed by atoms with E-state index in [1.165, 1.54) is 17.7 Å². The Morgan fingerprint density at radius 1 is 1.24 bits per heavy atom. The van der Waals surface area contributed by atoms with E-state index in [9.17, 15) is 27.8 Å². The molecule has 3 rings (SSSR count). The minimum absolute atomic E-state index is 0.00202. The van der Waals surface area contributed by atoms with E-state index in [0.29, 0.717) is 44.9 Å². The number of benzene rings is 1. The zero-order valence-electron chi connectivity index (χ0n) is 24.4. The number of allylic oxidation sites excluding steroid dienone is 2. The van der Waals surface area contributed by atoms with Gasteiger partial charge in [-0.05, 0) is 81.5 Å². The van der Waals surface area contributed by atoms with Crippen LogP contribution in [0.5, 0.6) is 0 Å². The molecule has 0 aliphatic heterocycles. The summed E-state index contributed by atoms with van der Waals surface area (Å²) in [4.78, 5) is 10.9. The lowest BCUT2D eigenvalue weighted by atomic mass is 9.78. The highest BCUT2D eigenvalue weighted by Crippen LogP contribution is 2.59. The SMILES string of the molecule is CC#CC[C@H](C)[C@H](O)/C=C/[C@H]1[C@H](O)C[C@]2(C#CCCCNS(=O)(=O)c3ccc(F)cc3)C/C(=C/CCCC(=O)O)C[C@H]12. The molecule has 7 nitrogen and oxygen atoms in total. The van der Waals surface area contributed by atoms with E-state index in [-0.39, 0.29) is 35.6 Å². The molecule has 1 aromatic carbocycles. The summed E-state index contributed by atoms with van der Waals surface area (Å²) in [5.41, 5.74) is 0.773. The smallest absolute Gasteiger partial charge is 0.303 e. The maximum atomic E-state index is 13.1. The minimum Gasteiger partial charge on any atom is -0.481 e. The van der Waals surface area contributed by atoms with Crippen LogP contribution in [0.2, 0.25) is 0 Å². The van der Waals surface area contributed by atoms with Gasteiger partial charge in [0.05, 0.1) is 17.1 Å². The van der Waals surface area contributed by atoms with Gasteiger partial charge in [-0.1, -0.05) is 36.6 Å². The van der Waals surface area contributed by atoms with Crippen LogP contribution in [0.1, 0.15) is 71.6 Å². The van der Waals surface area contributed by atoms with E-state index in [1.807, 2.05) is 13.0 Å². The number of aliphatic carboxylic acids is 1. The minimum atomic E-state index is -3.74. The predicted molar refractivity (Wildman–Crippen MR) is 160 cm³/mol. The van der Waals surface area contributed by atoms with Crippen molar-refractivity contribution in [1.82, 2.24) is 4.72 Å². The standard InChI is InChI=1S/C33H42FNO6S/c1-3-4-10-24(2)30(36)18-17-28-29-21-25(11-6-7-12-32(38)39)22-33(29,23-31(28)37)19-8-5-9-20-35-42(40,41)27-15-13-26(34)14-16-27/h11,13-18,24,28-31,35-37H,5-7,9-10,12,20-23H2,1-2H3,(H,38,39)/b18-17+,25-11+/t24-,28+,29+,30+,31+,33-/m0/s1. The summed E-state index contributed by atoms with van der Waals surface area (Å²) in [5.74, 6) is 11.0. The second-order valence-corrected chi connectivity index (χ2v) is 13.1. The molecule has 2 aliphatic rings. The van der Waals surface area contributed by atoms with E-state index in [2.05, 4.69) is 34.5 Å². The lowest BCUT2D eigenvalue weighted by molar-refractivity contribution is -0.137. The zero-order chi connectivity index (χ0) is 30.8. The number of carbonyl (C=O) groups is 1. The summed E-state index contributed by atoms with van der Waals surface area (Å²) in [6, 6.07) is 4.65. The van der Waals surface area contributed by atoms with E-state index in [1.54, 1.807) is 13.0 Å². The molecule has 6 atom stereocenters. The van der Waals surface area contributed by atoms with Gasteiger partial charge in [0.2, 0.25) is 10.0 Å². The lowest BCUT2D eigenvalue weighted by Crippen LogP contribution is -2.24. The zero-order valence-corrected chi connectivity index (χ0v) is 25.2. The molecule has 4 N–H and O–H groups in total. The van der Waals surface area contributed by atoms with E-state index in [4.69, 9.17) is 5.11 Å². The fourth-order valence-electron chi connectivity index (χ4n) is 5.89. The van der Waals surface area contributed by atoms with Crippen LogP contribution in [0.25, 0.3) is 0 Å². The van der Waals surface area contributed by atoms with Crippen molar-refractivity contribution >= 4 is 16.0 Å². The number of sulfonamides is 1. The summed E-state index contributed by atoms with van der Waals surface area (Å²) in [6.45, 7) is 3.89. The van der Waals surface area contributed by atoms with Crippen LogP contribution < -0.4 is 4.72 Å². The molecule has 2 saturated carbocycles. The van der Waals surface area contributed by atoms with E-state index in [0.717, 1.165) is 18.6 Å². The number of hydrogen-bond acceptors (Lipinski definition) is 5. The second-order valence-electron chi connectivity index (χ2n) is 11.4. The number of halogens is 1. The first-order valence-electron chi connectivity index (χ1n) is 14.6. The van der Waals surface area contributed by atoms with Crippen molar-refractivity contribution in [3.8, 4) is 23.7 Å². The van der Waals surface area contributed by atoms with Gasteiger partial charge in [-0.3, -0.25) is 4.79 Å². The average molecular weight is 600 g/mol. The van der Waals surface area contributed by atoms with E-state index >= 15 is 0 Å². The van der Waals surface area contributed by atoms with Crippen LogP contribution in [0.4, 0.5) is 4.39 Å². The Labute approximate surface area is 249 Å². The molecule has 0 amide bonds. The summed E-state index contributed by atoms with van der Waals surface area (Å²) < 4.78 is 40.5. The highest BCUT2D eigenvalue weighted by Gasteiger charge is 2.55. The molecular weight excluding hydrogens is 557 g/mol. The molecule has 0 heterocycles. The third-order valence-corrected chi connectivity index (χ3v) is 9.67. The van der Waals surface area contributed by atoms with Gasteiger partial charge in [-0.25, -0.2) is 17.5 Å². The summed E-state index contributed by atoms with van der Waals surface area (Å²) in [6.07, 6.45) is 9.35. The number of rotatable bonds is 13. The molecule has 0 spiro atoms. The first-order valence-corrected chi connectivity index (χ1v) is 16.0. The predicted octanol–water partition coefficient (Wildman–Crippen LogP) is 4.81. The Morgan fingerprint density at radius 2 is 1.98 bits per heavy atom. The lowest BCUT2D eigenvalue weighted by Gasteiger charge is -2.24. The largest absolute Gasteiger partial charge is 0.481 e. The highest BCUT2D eigenvalue weighted by molar-refractivity contribution is 7.89. The van der Waals surface area contributed by atoms with Crippen molar-refractivity contribution in [3.63, 3.8) is 0 Å². The molecule has 2 fully saturated rings. The molecule has 2 aliphatic carbocycles. The number of hydrogen-bond donors (Lipinski definition) is 4. The molecule has 1 aromatic rings. The molecule has 0 aromatic heterocycles. The maximum absolute atomic E-state index is 13.1. The second kappa shape index (κ2) is 15.5. The fourth-order valence-corrected chi connectivity index (χ4v) is 6.97. The number of carboxylic acid groups (broad SMARTS) is 1. The number of aliphatic hydroxyl groups is 2. The third-order valence-electron chi connectivity index (χ3n) is 8.19. The van der Waals surface area contributed by atoms with Crippen molar-refractivity contribution in [2.24, 2.45) is 23.2 Å². The average Bonchev–Trinajstić information content (AvgIpc) is 3.41. The number of fused-ring (bicyclic) bond motifs is 1. The van der Waals surface area contributed by atoms with E-state index < -0.39 is 39.4 Å². The van der Waals surface area contributed by atoms with Gasteiger partial charge in [0.1, 0.15) is 5.82 Å². The van der Waals surface area contributed by atoms with Crippen molar-refractivity contribution in [2.45, 2.75) is 88.7 Å². The Balaban J connectivity index is 1.68. The topological polar surface area (TPSA) is 124 Å². The first kappa shape index (κ1) is 33.6. The van der Waals surface area contributed by atoms with Gasteiger partial charge in [0.15, 0.2) is 0 Å². The van der Waals surface area contributed by atoms with Crippen molar-refractivity contribution in [1.29, 1.82) is 0 Å². The maximum Gasteiger partial charge on any atom is 0.303 e. The number of nitrogens with one attached hydrogen (secondary N) is 1. The fraction of sp³-hybridized carbons (Fsp3) is 0.545. The molecule has 0 unspecified atom stereocenters. The van der Waals surface area contributed by atoms with Crippen LogP contribution in [-0.4, -0.2) is 48.5 Å². The molecule has 9 heteroatoms. The molecule has 0 radical (unpaired) electrons. The van der Waals surface area contributed by atoms with Crippen LogP contribution in [0, 0.1) is 52.7 Å². The quantitative estimate of drug-likeness (QED) is 0.147. The van der Waals surface area contributed by atoms with Gasteiger partial charge >= 0.3 is 5.97 Å². The monoisotopic (exact) mass is 599 g/mol. The Kier molecular flexibility index (Phi) is 12.4. The summed E-state index contributed by atoms with van der Waals surface area (Å²) in [5, 5.41) is 30.6. The number of unbranched alkanes of at least 4 members (excludes halogenated alkanes) is 2. The Morgan fingerprint density at radius 3 is 2.67 bits per heavy atom. The molecule has 0 saturated heterocycles. The summed E-state index contributed by atoms with van der Waals surface area (Å²) >= 11 is 0. The highest BCUT2D eigenvalue weighted by atomic mass is 32.2. The van der Waals surface area contributed by atoms with Crippen LogP contribution in [0.15, 0.2) is 53.0 Å². The molecule has 228 valence electrons. The van der Waals surface area contributed by atoms with Crippen LogP contribution >= 0.6 is 0 Å². The summed E-state index contributed by atoms with van der Waals surface area (Å²) in [7, 11) is -3.74. The van der Waals surface area contributed by atoms with Crippen molar-refractivity contribution < 1.29 is 32.9 Å². The van der Waals surface area contributed by atoms with Gasteiger partial charge in [0.25, 0.3) is 0 Å². The number of carboxylic acids is 1.